The molecule has 2 aromatic rings. The molecule has 5 rings (SSSR count). The summed E-state index contributed by atoms with van der Waals surface area (Å²) in [6.45, 7) is 4.35. The first-order valence-corrected chi connectivity index (χ1v) is 12.8. The highest BCUT2D eigenvalue weighted by Crippen LogP contribution is 2.40. The zero-order valence-electron chi connectivity index (χ0n) is 20.1. The lowest BCUT2D eigenvalue weighted by molar-refractivity contribution is -0.136. The maximum atomic E-state index is 15.2. The molecule has 2 aliphatic heterocycles. The molecule has 0 radical (unpaired) electrons. The number of thiazole rings is 1. The van der Waals surface area contributed by atoms with Crippen LogP contribution in [0.3, 0.4) is 0 Å². The Morgan fingerprint density at radius 2 is 2.11 bits per heavy atom. The number of nitrogens with one attached hydrogen (secondary N) is 2. The van der Waals surface area contributed by atoms with Gasteiger partial charge in [-0.3, -0.25) is 19.7 Å². The minimum Gasteiger partial charge on any atom is -0.442 e. The van der Waals surface area contributed by atoms with Gasteiger partial charge in [0.1, 0.15) is 23.5 Å². The summed E-state index contributed by atoms with van der Waals surface area (Å²) in [5, 5.41) is 5.48. The summed E-state index contributed by atoms with van der Waals surface area (Å²) in [5.74, 6) is -2.27. The number of halogens is 1. The lowest BCUT2D eigenvalue weighted by Crippen LogP contribution is -2.52. The summed E-state index contributed by atoms with van der Waals surface area (Å²) in [6.07, 6.45) is 2.73. The number of carbonyl (C=O) groups is 4. The molecule has 1 aromatic heterocycles. The van der Waals surface area contributed by atoms with Gasteiger partial charge >= 0.3 is 6.09 Å². The topological polar surface area (TPSA) is 118 Å². The van der Waals surface area contributed by atoms with E-state index in [4.69, 9.17) is 4.74 Å². The van der Waals surface area contributed by atoms with Crippen LogP contribution in [0.1, 0.15) is 76.6 Å². The van der Waals surface area contributed by atoms with E-state index in [1.54, 1.807) is 17.4 Å². The van der Waals surface area contributed by atoms with E-state index in [1.165, 1.54) is 15.8 Å². The maximum absolute atomic E-state index is 15.2. The number of nitrogens with zero attached hydrogens (tertiary/aromatic N) is 2. The Bertz CT molecular complexity index is 1270. The second-order valence-electron chi connectivity index (χ2n) is 10.0. The molecular weight excluding hydrogens is 487 g/mol. The molecule has 2 N–H and O–H groups in total. The molecule has 3 aliphatic rings. The van der Waals surface area contributed by atoms with Crippen LogP contribution in [0.2, 0.25) is 0 Å². The van der Waals surface area contributed by atoms with Crippen molar-refractivity contribution in [3.05, 3.63) is 50.2 Å². The van der Waals surface area contributed by atoms with Gasteiger partial charge in [0.15, 0.2) is 0 Å². The third-order valence-electron chi connectivity index (χ3n) is 7.03. The highest BCUT2D eigenvalue weighted by atomic mass is 32.1. The molecule has 1 saturated heterocycles. The van der Waals surface area contributed by atoms with Crippen LogP contribution < -0.4 is 10.6 Å². The average Bonchev–Trinajstić information content (AvgIpc) is 3.39. The maximum Gasteiger partial charge on any atom is 0.407 e. The Morgan fingerprint density at radius 3 is 2.86 bits per heavy atom. The smallest absolute Gasteiger partial charge is 0.407 e. The van der Waals surface area contributed by atoms with Crippen molar-refractivity contribution in [1.82, 2.24) is 20.5 Å². The van der Waals surface area contributed by atoms with Crippen LogP contribution >= 0.6 is 11.3 Å². The minimum atomic E-state index is -0.819. The van der Waals surface area contributed by atoms with Gasteiger partial charge in [0.05, 0.1) is 11.3 Å². The molecule has 1 fully saturated rings. The molecule has 3 heterocycles. The fourth-order valence-corrected chi connectivity index (χ4v) is 6.26. The molecule has 4 amide bonds. The highest BCUT2D eigenvalue weighted by Gasteiger charge is 2.41. The molecule has 36 heavy (non-hydrogen) atoms. The summed E-state index contributed by atoms with van der Waals surface area (Å²) in [6, 6.07) is 2.31. The molecule has 1 unspecified atom stereocenters. The summed E-state index contributed by atoms with van der Waals surface area (Å²) >= 11 is 1.56. The predicted octanol–water partition coefficient (Wildman–Crippen LogP) is 3.08. The van der Waals surface area contributed by atoms with Gasteiger partial charge in [-0.1, -0.05) is 26.0 Å². The summed E-state index contributed by atoms with van der Waals surface area (Å²) < 4.78 is 20.5. The van der Waals surface area contributed by atoms with Crippen LogP contribution in [-0.2, 0) is 45.9 Å². The molecule has 1 aliphatic carbocycles. The van der Waals surface area contributed by atoms with E-state index in [0.29, 0.717) is 5.56 Å². The first-order valence-electron chi connectivity index (χ1n) is 12.0. The third-order valence-corrected chi connectivity index (χ3v) is 8.47. The molecule has 9 nitrogen and oxygen atoms in total. The average molecular weight is 515 g/mol. The van der Waals surface area contributed by atoms with Gasteiger partial charge in [0.2, 0.25) is 11.8 Å². The number of hydrogen-bond donors (Lipinski definition) is 2. The van der Waals surface area contributed by atoms with Crippen LogP contribution in [0.15, 0.2) is 12.1 Å². The number of alkyl carbamates (subject to hydrolysis) is 1. The standard InChI is InChI=1S/C25H27FN4O5S/c1-25(2)9-3-4-15-21(25)36-18(28-15)12-35-24(34)27-10-13-5-6-14-11-30(23(33)19(14)20(13)26)16-7-8-17(31)29-22(16)32/h5-6,16H,3-4,7-12H2,1-2H3,(H,27,34)(H,29,31,32). The van der Waals surface area contributed by atoms with Gasteiger partial charge in [0.25, 0.3) is 5.91 Å². The van der Waals surface area contributed by atoms with E-state index in [9.17, 15) is 19.2 Å². The number of fused-ring (bicyclic) bond motifs is 2. The normalized spacial score (nSPS) is 20.6. The second-order valence-corrected chi connectivity index (χ2v) is 11.1. The number of hydrogen-bond acceptors (Lipinski definition) is 7. The summed E-state index contributed by atoms with van der Waals surface area (Å²) in [7, 11) is 0. The largest absolute Gasteiger partial charge is 0.442 e. The van der Waals surface area contributed by atoms with Crippen molar-refractivity contribution in [3.8, 4) is 0 Å². The van der Waals surface area contributed by atoms with Crippen molar-refractivity contribution in [2.24, 2.45) is 0 Å². The van der Waals surface area contributed by atoms with Crippen LogP contribution in [0.25, 0.3) is 0 Å². The van der Waals surface area contributed by atoms with E-state index in [0.717, 1.165) is 30.0 Å². The van der Waals surface area contributed by atoms with Crippen LogP contribution in [0.5, 0.6) is 0 Å². The van der Waals surface area contributed by atoms with Crippen molar-refractivity contribution in [1.29, 1.82) is 0 Å². The fraction of sp³-hybridized carbons (Fsp3) is 0.480. The Morgan fingerprint density at radius 1 is 1.31 bits per heavy atom. The molecule has 190 valence electrons. The first-order chi connectivity index (χ1) is 17.1. The predicted molar refractivity (Wildman–Crippen MR) is 128 cm³/mol. The van der Waals surface area contributed by atoms with E-state index in [-0.39, 0.29) is 55.0 Å². The first kappa shape index (κ1) is 24.4. The van der Waals surface area contributed by atoms with Gasteiger partial charge in [0, 0.05) is 35.4 Å². The van der Waals surface area contributed by atoms with Crippen molar-refractivity contribution >= 4 is 35.2 Å². The Kier molecular flexibility index (Phi) is 6.27. The summed E-state index contributed by atoms with van der Waals surface area (Å²) in [4.78, 5) is 55.9. The summed E-state index contributed by atoms with van der Waals surface area (Å²) in [5.41, 5.74) is 1.64. The number of aromatic nitrogens is 1. The van der Waals surface area contributed by atoms with E-state index >= 15 is 4.39 Å². The molecule has 1 aromatic carbocycles. The number of rotatable bonds is 5. The number of benzene rings is 1. The van der Waals surface area contributed by atoms with Crippen LogP contribution in [0, 0.1) is 5.82 Å². The van der Waals surface area contributed by atoms with Gasteiger partial charge in [-0.25, -0.2) is 14.2 Å². The lowest BCUT2D eigenvalue weighted by atomic mass is 9.80. The Balaban J connectivity index is 1.19. The molecule has 0 bridgehead atoms. The molecule has 1 atom stereocenters. The zero-order valence-corrected chi connectivity index (χ0v) is 20.9. The van der Waals surface area contributed by atoms with Gasteiger partial charge < -0.3 is 15.0 Å². The SMILES string of the molecule is CC1(C)CCCc2nc(COC(=O)NCc3ccc4c(c3F)C(=O)N(C3CCC(=O)NC3=O)C4)sc21. The molecule has 0 spiro atoms. The lowest BCUT2D eigenvalue weighted by Gasteiger charge is -2.29. The van der Waals surface area contributed by atoms with Crippen molar-refractivity contribution in [3.63, 3.8) is 0 Å². The minimum absolute atomic E-state index is 0.0334. The molecular formula is C25H27FN4O5S. The van der Waals surface area contributed by atoms with E-state index < -0.39 is 29.8 Å². The number of imide groups is 1. The number of amides is 4. The van der Waals surface area contributed by atoms with Crippen LogP contribution in [-0.4, -0.2) is 39.7 Å². The third kappa shape index (κ3) is 4.47. The number of aryl methyl sites for hydroxylation is 1. The van der Waals surface area contributed by atoms with Crippen molar-refractivity contribution in [2.45, 2.75) is 77.1 Å². The van der Waals surface area contributed by atoms with Gasteiger partial charge in [-0.2, -0.15) is 0 Å². The van der Waals surface area contributed by atoms with Gasteiger partial charge in [-0.05, 0) is 31.2 Å². The Hall–Kier alpha value is -3.34. The molecule has 11 heteroatoms. The zero-order chi connectivity index (χ0) is 25.6. The van der Waals surface area contributed by atoms with E-state index in [2.05, 4.69) is 29.5 Å². The van der Waals surface area contributed by atoms with Crippen LogP contribution in [0.4, 0.5) is 9.18 Å². The van der Waals surface area contributed by atoms with Crippen molar-refractivity contribution < 1.29 is 28.3 Å². The number of piperidine rings is 1. The number of ether oxygens (including phenoxy) is 1. The highest BCUT2D eigenvalue weighted by molar-refractivity contribution is 7.11. The molecule has 0 saturated carbocycles. The second kappa shape index (κ2) is 9.27. The van der Waals surface area contributed by atoms with Crippen molar-refractivity contribution in [2.75, 3.05) is 0 Å². The number of carbonyl (C=O) groups excluding carboxylic acids is 4. The quantitative estimate of drug-likeness (QED) is 0.592. The fourth-order valence-electron chi connectivity index (χ4n) is 5.11. The van der Waals surface area contributed by atoms with Gasteiger partial charge in [-0.15, -0.1) is 11.3 Å². The Labute approximate surface area is 211 Å². The van der Waals surface area contributed by atoms with E-state index in [1.807, 2.05) is 0 Å². The monoisotopic (exact) mass is 514 g/mol.